The molecule has 1 aromatic carbocycles. The van der Waals surface area contributed by atoms with Crippen LogP contribution in [0.2, 0.25) is 0 Å². The van der Waals surface area contributed by atoms with Crippen LogP contribution < -0.4 is 11.1 Å². The van der Waals surface area contributed by atoms with Crippen molar-refractivity contribution in [2.45, 2.75) is 38.8 Å². The third kappa shape index (κ3) is 3.74. The van der Waals surface area contributed by atoms with Crippen molar-refractivity contribution in [2.24, 2.45) is 5.92 Å². The fourth-order valence-corrected chi connectivity index (χ4v) is 2.64. The van der Waals surface area contributed by atoms with Crippen LogP contribution in [0.5, 0.6) is 0 Å². The molecule has 0 bridgehead atoms. The molecule has 0 aromatic heterocycles. The number of likely N-dealkylation sites (N-methyl/N-ethyl adjacent to an activating group) is 1. The van der Waals surface area contributed by atoms with E-state index < -0.39 is 0 Å². The Morgan fingerprint density at radius 3 is 2.81 bits per heavy atom. The van der Waals surface area contributed by atoms with Gasteiger partial charge < -0.3 is 16.2 Å². The number of amides is 1. The summed E-state index contributed by atoms with van der Waals surface area (Å²) >= 11 is 0. The van der Waals surface area contributed by atoms with Crippen LogP contribution in [-0.2, 0) is 4.79 Å². The second-order valence-corrected chi connectivity index (χ2v) is 6.12. The molecule has 1 unspecified atom stereocenters. The highest BCUT2D eigenvalue weighted by atomic mass is 16.3. The second-order valence-electron chi connectivity index (χ2n) is 6.12. The Morgan fingerprint density at radius 2 is 2.19 bits per heavy atom. The van der Waals surface area contributed by atoms with Crippen LogP contribution in [0.1, 0.15) is 25.3 Å². The standard InChI is InChI=1S/C16H25N3O2/c1-10-14(17)5-4-6-15(10)18-16(21)11(2)19(3)9-12-7-13(20)8-12/h4-6,11-13,20H,7-9,17H2,1-3H3,(H,18,21). The van der Waals surface area contributed by atoms with E-state index in [1.165, 1.54) is 0 Å². The van der Waals surface area contributed by atoms with Crippen LogP contribution in [0.25, 0.3) is 0 Å². The van der Waals surface area contributed by atoms with Gasteiger partial charge in [-0.2, -0.15) is 0 Å². The molecule has 116 valence electrons. The van der Waals surface area contributed by atoms with Crippen molar-refractivity contribution in [3.63, 3.8) is 0 Å². The summed E-state index contributed by atoms with van der Waals surface area (Å²) in [7, 11) is 1.95. The smallest absolute Gasteiger partial charge is 0.241 e. The van der Waals surface area contributed by atoms with Crippen molar-refractivity contribution in [1.29, 1.82) is 0 Å². The number of aliphatic hydroxyl groups is 1. The molecule has 1 saturated carbocycles. The zero-order valence-corrected chi connectivity index (χ0v) is 13.0. The lowest BCUT2D eigenvalue weighted by atomic mass is 9.82. The van der Waals surface area contributed by atoms with Gasteiger partial charge in [0.15, 0.2) is 0 Å². The molecule has 0 heterocycles. The summed E-state index contributed by atoms with van der Waals surface area (Å²) in [4.78, 5) is 14.4. The largest absolute Gasteiger partial charge is 0.398 e. The first kappa shape index (κ1) is 15.8. The number of nitrogens with two attached hydrogens (primary N) is 1. The number of nitrogens with zero attached hydrogens (tertiary/aromatic N) is 1. The summed E-state index contributed by atoms with van der Waals surface area (Å²) in [5.41, 5.74) is 8.18. The van der Waals surface area contributed by atoms with E-state index in [4.69, 9.17) is 5.73 Å². The molecule has 0 aliphatic heterocycles. The minimum absolute atomic E-state index is 0.0360. The highest BCUT2D eigenvalue weighted by Crippen LogP contribution is 2.28. The third-order valence-electron chi connectivity index (χ3n) is 4.43. The number of hydrogen-bond donors (Lipinski definition) is 3. The fourth-order valence-electron chi connectivity index (χ4n) is 2.64. The molecule has 1 atom stereocenters. The number of nitrogen functional groups attached to an aromatic ring is 1. The van der Waals surface area contributed by atoms with Crippen LogP contribution >= 0.6 is 0 Å². The zero-order valence-electron chi connectivity index (χ0n) is 13.0. The molecule has 4 N–H and O–H groups in total. The summed E-state index contributed by atoms with van der Waals surface area (Å²) in [6, 6.07) is 5.30. The minimum Gasteiger partial charge on any atom is -0.398 e. The van der Waals surface area contributed by atoms with Gasteiger partial charge in [0.2, 0.25) is 5.91 Å². The van der Waals surface area contributed by atoms with Crippen molar-refractivity contribution in [3.8, 4) is 0 Å². The molecule has 1 aliphatic rings. The van der Waals surface area contributed by atoms with E-state index in [0.717, 1.165) is 30.6 Å². The van der Waals surface area contributed by atoms with E-state index >= 15 is 0 Å². The summed E-state index contributed by atoms with van der Waals surface area (Å²) in [6.45, 7) is 4.63. The first-order chi connectivity index (χ1) is 9.88. The molecule has 1 aliphatic carbocycles. The maximum absolute atomic E-state index is 12.3. The Kier molecular flexibility index (Phi) is 4.85. The third-order valence-corrected chi connectivity index (χ3v) is 4.43. The number of hydrogen-bond acceptors (Lipinski definition) is 4. The van der Waals surface area contributed by atoms with Crippen LogP contribution in [0.15, 0.2) is 18.2 Å². The molecule has 5 heteroatoms. The maximum Gasteiger partial charge on any atom is 0.241 e. The van der Waals surface area contributed by atoms with Crippen LogP contribution in [0.4, 0.5) is 11.4 Å². The number of anilines is 2. The van der Waals surface area contributed by atoms with Crippen LogP contribution in [-0.4, -0.2) is 41.7 Å². The van der Waals surface area contributed by atoms with E-state index in [1.54, 1.807) is 0 Å². The Bertz CT molecular complexity index is 512. The summed E-state index contributed by atoms with van der Waals surface area (Å²) in [5, 5.41) is 12.3. The molecule has 0 radical (unpaired) electrons. The SMILES string of the molecule is Cc1c(N)cccc1NC(=O)C(C)N(C)CC1CC(O)C1. The fraction of sp³-hybridized carbons (Fsp3) is 0.562. The predicted molar refractivity (Wildman–Crippen MR) is 85.0 cm³/mol. The van der Waals surface area contributed by atoms with E-state index in [9.17, 15) is 9.90 Å². The summed E-state index contributed by atoms with van der Waals surface area (Å²) < 4.78 is 0. The molecular weight excluding hydrogens is 266 g/mol. The van der Waals surface area contributed by atoms with Crippen molar-refractivity contribution >= 4 is 17.3 Å². The molecule has 1 amide bonds. The van der Waals surface area contributed by atoms with Crippen molar-refractivity contribution in [3.05, 3.63) is 23.8 Å². The highest BCUT2D eigenvalue weighted by molar-refractivity contribution is 5.95. The van der Waals surface area contributed by atoms with Crippen molar-refractivity contribution in [2.75, 3.05) is 24.6 Å². The van der Waals surface area contributed by atoms with E-state index in [-0.39, 0.29) is 18.1 Å². The van der Waals surface area contributed by atoms with Crippen LogP contribution in [0.3, 0.4) is 0 Å². The summed E-state index contributed by atoms with van der Waals surface area (Å²) in [5.74, 6) is 0.459. The highest BCUT2D eigenvalue weighted by Gasteiger charge is 2.30. The number of nitrogens with one attached hydrogen (secondary N) is 1. The van der Waals surface area contributed by atoms with Gasteiger partial charge in [0.25, 0.3) is 0 Å². The predicted octanol–water partition coefficient (Wildman–Crippen LogP) is 1.61. The van der Waals surface area contributed by atoms with Crippen molar-refractivity contribution in [1.82, 2.24) is 4.90 Å². The average molecular weight is 291 g/mol. The number of benzene rings is 1. The lowest BCUT2D eigenvalue weighted by Crippen LogP contribution is -2.45. The first-order valence-corrected chi connectivity index (χ1v) is 7.42. The molecule has 0 saturated heterocycles. The first-order valence-electron chi connectivity index (χ1n) is 7.42. The molecule has 1 fully saturated rings. The van der Waals surface area contributed by atoms with Gasteiger partial charge >= 0.3 is 0 Å². The molecule has 21 heavy (non-hydrogen) atoms. The molecule has 1 aromatic rings. The molecule has 0 spiro atoms. The van der Waals surface area contributed by atoms with Gasteiger partial charge in [0.1, 0.15) is 0 Å². The lowest BCUT2D eigenvalue weighted by Gasteiger charge is -2.36. The van der Waals surface area contributed by atoms with Gasteiger partial charge in [-0.3, -0.25) is 9.69 Å². The van der Waals surface area contributed by atoms with Gasteiger partial charge in [-0.1, -0.05) is 6.07 Å². The Balaban J connectivity index is 1.91. The van der Waals surface area contributed by atoms with Crippen LogP contribution in [0, 0.1) is 12.8 Å². The van der Waals surface area contributed by atoms with Gasteiger partial charge in [0.05, 0.1) is 12.1 Å². The van der Waals surface area contributed by atoms with Gasteiger partial charge in [-0.25, -0.2) is 0 Å². The normalized spacial score (nSPS) is 22.7. The topological polar surface area (TPSA) is 78.6 Å². The lowest BCUT2D eigenvalue weighted by molar-refractivity contribution is -0.120. The van der Waals surface area contributed by atoms with E-state index in [1.807, 2.05) is 44.0 Å². The minimum atomic E-state index is -0.219. The van der Waals surface area contributed by atoms with E-state index in [0.29, 0.717) is 11.6 Å². The Hall–Kier alpha value is -1.59. The molecule has 2 rings (SSSR count). The second kappa shape index (κ2) is 6.45. The monoisotopic (exact) mass is 291 g/mol. The van der Waals surface area contributed by atoms with Gasteiger partial charge in [-0.05, 0) is 57.4 Å². The van der Waals surface area contributed by atoms with Gasteiger partial charge in [0, 0.05) is 17.9 Å². The number of carbonyl (C=O) groups excluding carboxylic acids is 1. The quantitative estimate of drug-likeness (QED) is 0.720. The average Bonchev–Trinajstić information content (AvgIpc) is 2.41. The van der Waals surface area contributed by atoms with Crippen molar-refractivity contribution < 1.29 is 9.90 Å². The van der Waals surface area contributed by atoms with Gasteiger partial charge in [-0.15, -0.1) is 0 Å². The van der Waals surface area contributed by atoms with E-state index in [2.05, 4.69) is 5.32 Å². The molecule has 5 nitrogen and oxygen atoms in total. The summed E-state index contributed by atoms with van der Waals surface area (Å²) in [6.07, 6.45) is 1.53. The molecular formula is C16H25N3O2. The zero-order chi connectivity index (χ0) is 15.6. The Labute approximate surface area is 126 Å². The maximum atomic E-state index is 12.3. The number of rotatable bonds is 5. The number of carbonyl (C=O) groups is 1. The Morgan fingerprint density at radius 1 is 1.52 bits per heavy atom. The number of aliphatic hydroxyl groups excluding tert-OH is 1.